The van der Waals surface area contributed by atoms with E-state index in [1.165, 1.54) is 19.3 Å². The van der Waals surface area contributed by atoms with E-state index in [-0.39, 0.29) is 12.4 Å². The first-order chi connectivity index (χ1) is 6.75. The summed E-state index contributed by atoms with van der Waals surface area (Å²) in [6.07, 6.45) is 5.65. The number of rotatable bonds is 6. The third kappa shape index (κ3) is 4.56. The zero-order chi connectivity index (χ0) is 10.4. The molecular weight excluding hydrogens is 210 g/mol. The molecule has 0 aliphatic carbocycles. The van der Waals surface area contributed by atoms with Crippen molar-refractivity contribution in [3.8, 4) is 0 Å². The van der Waals surface area contributed by atoms with Gasteiger partial charge >= 0.3 is 0 Å². The fourth-order valence-electron chi connectivity index (χ4n) is 1.46. The van der Waals surface area contributed by atoms with Crippen LogP contribution >= 0.6 is 12.4 Å². The number of nitrogens with one attached hydrogen (secondary N) is 1. The lowest BCUT2D eigenvalue weighted by molar-refractivity contribution is 0.537. The maximum absolute atomic E-state index is 4.27. The predicted molar refractivity (Wildman–Crippen MR) is 67.9 cm³/mol. The van der Waals surface area contributed by atoms with Crippen molar-refractivity contribution in [1.82, 2.24) is 9.78 Å². The van der Waals surface area contributed by atoms with Gasteiger partial charge in [0.05, 0.1) is 6.20 Å². The highest BCUT2D eigenvalue weighted by molar-refractivity contribution is 5.85. The van der Waals surface area contributed by atoms with Gasteiger partial charge in [-0.3, -0.25) is 0 Å². The van der Waals surface area contributed by atoms with Gasteiger partial charge in [-0.1, -0.05) is 19.8 Å². The molecule has 1 heterocycles. The summed E-state index contributed by atoms with van der Waals surface area (Å²) in [4.78, 5) is 0. The second-order valence-corrected chi connectivity index (χ2v) is 3.89. The van der Waals surface area contributed by atoms with Crippen LogP contribution in [-0.4, -0.2) is 16.3 Å². The van der Waals surface area contributed by atoms with Gasteiger partial charge in [0.25, 0.3) is 0 Å². The van der Waals surface area contributed by atoms with Crippen LogP contribution < -0.4 is 5.32 Å². The molecule has 1 aromatic rings. The molecule has 0 aromatic carbocycles. The van der Waals surface area contributed by atoms with E-state index < -0.39 is 0 Å². The first-order valence-corrected chi connectivity index (χ1v) is 5.53. The van der Waals surface area contributed by atoms with Gasteiger partial charge < -0.3 is 5.32 Å². The minimum atomic E-state index is 0. The molecule has 0 aliphatic heterocycles. The molecule has 0 unspecified atom stereocenters. The quantitative estimate of drug-likeness (QED) is 0.760. The summed E-state index contributed by atoms with van der Waals surface area (Å²) < 4.78 is 2.02. The number of anilines is 1. The molecule has 0 saturated carbocycles. The Balaban J connectivity index is 0.00000196. The normalized spacial score (nSPS) is 10.1. The van der Waals surface area contributed by atoms with Crippen LogP contribution in [0, 0.1) is 0 Å². The van der Waals surface area contributed by atoms with Crippen molar-refractivity contribution < 1.29 is 0 Å². The average Bonchev–Trinajstić information content (AvgIpc) is 2.60. The lowest BCUT2D eigenvalue weighted by atomic mass is 10.2. The number of hydrogen-bond acceptors (Lipinski definition) is 2. The highest BCUT2D eigenvalue weighted by Crippen LogP contribution is 2.12. The highest BCUT2D eigenvalue weighted by Gasteiger charge is 2.03. The lowest BCUT2D eigenvalue weighted by Crippen LogP contribution is -2.10. The van der Waals surface area contributed by atoms with Gasteiger partial charge in [-0.15, -0.1) is 12.4 Å². The van der Waals surface area contributed by atoms with Crippen molar-refractivity contribution >= 4 is 18.2 Å². The second-order valence-electron chi connectivity index (χ2n) is 3.89. The average molecular weight is 232 g/mol. The molecule has 0 radical (unpaired) electrons. The summed E-state index contributed by atoms with van der Waals surface area (Å²) in [6.45, 7) is 7.55. The first kappa shape index (κ1) is 14.3. The van der Waals surface area contributed by atoms with E-state index in [1.807, 2.05) is 16.9 Å². The minimum absolute atomic E-state index is 0. The Morgan fingerprint density at radius 1 is 1.40 bits per heavy atom. The SMILES string of the molecule is CCCCCNc1ccnn1C(C)C.Cl. The van der Waals surface area contributed by atoms with E-state index in [9.17, 15) is 0 Å². The van der Waals surface area contributed by atoms with Crippen LogP contribution in [0.4, 0.5) is 5.82 Å². The largest absolute Gasteiger partial charge is 0.370 e. The van der Waals surface area contributed by atoms with Crippen LogP contribution in [0.5, 0.6) is 0 Å². The Morgan fingerprint density at radius 3 is 2.73 bits per heavy atom. The van der Waals surface area contributed by atoms with Crippen LogP contribution in [0.15, 0.2) is 12.3 Å². The summed E-state index contributed by atoms with van der Waals surface area (Å²) in [5.41, 5.74) is 0. The lowest BCUT2D eigenvalue weighted by Gasteiger charge is -2.12. The third-order valence-corrected chi connectivity index (χ3v) is 2.25. The van der Waals surface area contributed by atoms with E-state index in [1.54, 1.807) is 0 Å². The summed E-state index contributed by atoms with van der Waals surface area (Å²) >= 11 is 0. The minimum Gasteiger partial charge on any atom is -0.370 e. The first-order valence-electron chi connectivity index (χ1n) is 5.53. The van der Waals surface area contributed by atoms with Crippen LogP contribution in [0.25, 0.3) is 0 Å². The van der Waals surface area contributed by atoms with Crippen molar-refractivity contribution in [3.05, 3.63) is 12.3 Å². The number of aromatic nitrogens is 2. The molecule has 1 aromatic heterocycles. The van der Waals surface area contributed by atoms with E-state index in [0.717, 1.165) is 12.4 Å². The Hall–Kier alpha value is -0.700. The smallest absolute Gasteiger partial charge is 0.124 e. The summed E-state index contributed by atoms with van der Waals surface area (Å²) in [5, 5.41) is 7.68. The summed E-state index contributed by atoms with van der Waals surface area (Å²) in [7, 11) is 0. The molecule has 3 nitrogen and oxygen atoms in total. The van der Waals surface area contributed by atoms with Gasteiger partial charge in [0.1, 0.15) is 5.82 Å². The molecule has 1 rings (SSSR count). The van der Waals surface area contributed by atoms with Crippen molar-refractivity contribution in [2.45, 2.75) is 46.1 Å². The molecule has 15 heavy (non-hydrogen) atoms. The zero-order valence-electron chi connectivity index (χ0n) is 9.86. The van der Waals surface area contributed by atoms with E-state index in [0.29, 0.717) is 6.04 Å². The summed E-state index contributed by atoms with van der Waals surface area (Å²) in [6, 6.07) is 2.46. The molecule has 0 amide bonds. The molecule has 0 spiro atoms. The van der Waals surface area contributed by atoms with Crippen molar-refractivity contribution in [2.75, 3.05) is 11.9 Å². The maximum Gasteiger partial charge on any atom is 0.124 e. The van der Waals surface area contributed by atoms with E-state index in [4.69, 9.17) is 0 Å². The van der Waals surface area contributed by atoms with Crippen LogP contribution in [0.2, 0.25) is 0 Å². The third-order valence-electron chi connectivity index (χ3n) is 2.25. The molecule has 4 heteroatoms. The number of hydrogen-bond donors (Lipinski definition) is 1. The molecule has 1 N–H and O–H groups in total. The molecule has 0 aliphatic rings. The van der Waals surface area contributed by atoms with E-state index >= 15 is 0 Å². The number of halogens is 1. The number of nitrogens with zero attached hydrogens (tertiary/aromatic N) is 2. The molecule has 0 bridgehead atoms. The van der Waals surface area contributed by atoms with Gasteiger partial charge in [0.15, 0.2) is 0 Å². The monoisotopic (exact) mass is 231 g/mol. The molecule has 0 atom stereocenters. The fraction of sp³-hybridized carbons (Fsp3) is 0.727. The highest BCUT2D eigenvalue weighted by atomic mass is 35.5. The Labute approximate surface area is 98.7 Å². The van der Waals surface area contributed by atoms with E-state index in [2.05, 4.69) is 31.2 Å². The Bertz CT molecular complexity index is 258. The standard InChI is InChI=1S/C11H21N3.ClH/c1-4-5-6-8-12-11-7-9-13-14(11)10(2)3;/h7,9-10,12H,4-6,8H2,1-3H3;1H. The molecule has 0 saturated heterocycles. The zero-order valence-corrected chi connectivity index (χ0v) is 10.7. The van der Waals surface area contributed by atoms with Gasteiger partial charge in [0, 0.05) is 18.7 Å². The molecule has 0 fully saturated rings. The van der Waals surface area contributed by atoms with Crippen LogP contribution in [0.3, 0.4) is 0 Å². The van der Waals surface area contributed by atoms with Crippen LogP contribution in [-0.2, 0) is 0 Å². The van der Waals surface area contributed by atoms with Crippen molar-refractivity contribution in [1.29, 1.82) is 0 Å². The summed E-state index contributed by atoms with van der Waals surface area (Å²) in [5.74, 6) is 1.14. The van der Waals surface area contributed by atoms with Gasteiger partial charge in [-0.2, -0.15) is 5.10 Å². The fourth-order valence-corrected chi connectivity index (χ4v) is 1.46. The van der Waals surface area contributed by atoms with Crippen LogP contribution in [0.1, 0.15) is 46.1 Å². The van der Waals surface area contributed by atoms with Gasteiger partial charge in [-0.05, 0) is 20.3 Å². The Kier molecular flexibility index (Phi) is 7.22. The number of unbranched alkanes of at least 4 members (excludes halogenated alkanes) is 2. The molecule has 88 valence electrons. The van der Waals surface area contributed by atoms with Crippen molar-refractivity contribution in [3.63, 3.8) is 0 Å². The van der Waals surface area contributed by atoms with Gasteiger partial charge in [-0.25, -0.2) is 4.68 Å². The van der Waals surface area contributed by atoms with Crippen molar-refractivity contribution in [2.24, 2.45) is 0 Å². The second kappa shape index (κ2) is 7.57. The Morgan fingerprint density at radius 2 is 2.13 bits per heavy atom. The maximum atomic E-state index is 4.27. The van der Waals surface area contributed by atoms with Gasteiger partial charge in [0.2, 0.25) is 0 Å². The predicted octanol–water partition coefficient (Wildman–Crippen LogP) is 3.49. The molecular formula is C11H22ClN3. The topological polar surface area (TPSA) is 29.9 Å².